The molecule has 0 atom stereocenters. The van der Waals surface area contributed by atoms with Crippen LogP contribution in [0.15, 0.2) is 45.7 Å². The van der Waals surface area contributed by atoms with Crippen molar-refractivity contribution in [2.45, 2.75) is 6.54 Å². The Bertz CT molecular complexity index is 812. The van der Waals surface area contributed by atoms with Crippen LogP contribution in [0.2, 0.25) is 0 Å². The lowest BCUT2D eigenvalue weighted by atomic mass is 10.2. The number of rotatable bonds is 6. The fourth-order valence-corrected chi connectivity index (χ4v) is 2.18. The molecule has 0 aliphatic carbocycles. The van der Waals surface area contributed by atoms with Crippen molar-refractivity contribution in [2.24, 2.45) is 5.73 Å². The topological polar surface area (TPSA) is 109 Å². The quantitative estimate of drug-likeness (QED) is 0.698. The van der Waals surface area contributed by atoms with Gasteiger partial charge in [-0.1, -0.05) is 5.16 Å². The highest BCUT2D eigenvalue weighted by molar-refractivity contribution is 9.10. The van der Waals surface area contributed by atoms with Crippen LogP contribution in [0.4, 0.5) is 0 Å². The minimum atomic E-state index is -0.526. The molecular weight excluding hydrogens is 366 g/mol. The van der Waals surface area contributed by atoms with Gasteiger partial charge in [-0.15, -0.1) is 0 Å². The molecule has 0 bridgehead atoms. The zero-order valence-electron chi connectivity index (χ0n) is 11.8. The van der Waals surface area contributed by atoms with Crippen molar-refractivity contribution in [1.29, 1.82) is 0 Å². The Labute approximate surface area is 139 Å². The molecule has 0 aliphatic heterocycles. The second-order valence-electron chi connectivity index (χ2n) is 4.65. The lowest BCUT2D eigenvalue weighted by Gasteiger charge is -2.03. The second kappa shape index (κ2) is 6.61. The van der Waals surface area contributed by atoms with Crippen molar-refractivity contribution in [3.05, 3.63) is 47.0 Å². The highest BCUT2D eigenvalue weighted by Gasteiger charge is 2.10. The van der Waals surface area contributed by atoms with Crippen LogP contribution in [0.3, 0.4) is 0 Å². The number of carbonyl (C=O) groups excluding carboxylic acids is 1. The summed E-state index contributed by atoms with van der Waals surface area (Å²) in [6.07, 6.45) is 3.50. The molecule has 0 aliphatic rings. The van der Waals surface area contributed by atoms with E-state index in [0.717, 1.165) is 10.0 Å². The van der Waals surface area contributed by atoms with E-state index in [-0.39, 0.29) is 6.61 Å². The van der Waals surface area contributed by atoms with Gasteiger partial charge in [-0.25, -0.2) is 0 Å². The number of hydrogen-bond donors (Lipinski definition) is 1. The monoisotopic (exact) mass is 377 g/mol. The Morgan fingerprint density at radius 1 is 1.35 bits per heavy atom. The predicted molar refractivity (Wildman–Crippen MR) is 83.5 cm³/mol. The molecule has 118 valence electrons. The smallest absolute Gasteiger partial charge is 0.255 e. The van der Waals surface area contributed by atoms with Gasteiger partial charge in [0.25, 0.3) is 5.91 Å². The van der Waals surface area contributed by atoms with Crippen LogP contribution in [0.25, 0.3) is 11.4 Å². The summed E-state index contributed by atoms with van der Waals surface area (Å²) >= 11 is 3.33. The summed E-state index contributed by atoms with van der Waals surface area (Å²) in [7, 11) is 0. The number of carbonyl (C=O) groups is 1. The van der Waals surface area contributed by atoms with Gasteiger partial charge in [-0.3, -0.25) is 9.48 Å². The van der Waals surface area contributed by atoms with Crippen molar-refractivity contribution in [3.63, 3.8) is 0 Å². The summed E-state index contributed by atoms with van der Waals surface area (Å²) in [6, 6.07) is 6.96. The Morgan fingerprint density at radius 3 is 2.78 bits per heavy atom. The Morgan fingerprint density at radius 2 is 2.13 bits per heavy atom. The molecule has 3 aromatic rings. The van der Waals surface area contributed by atoms with Crippen LogP contribution >= 0.6 is 15.9 Å². The van der Waals surface area contributed by atoms with Gasteiger partial charge in [0.2, 0.25) is 11.7 Å². The molecule has 3 rings (SSSR count). The maximum absolute atomic E-state index is 10.7. The Kier molecular flexibility index (Phi) is 4.38. The van der Waals surface area contributed by atoms with E-state index >= 15 is 0 Å². The molecule has 0 saturated carbocycles. The molecule has 8 nitrogen and oxygen atoms in total. The molecule has 2 N–H and O–H groups in total. The van der Waals surface area contributed by atoms with E-state index in [2.05, 4.69) is 31.2 Å². The van der Waals surface area contributed by atoms with Crippen molar-refractivity contribution in [2.75, 3.05) is 6.61 Å². The third-order valence-electron chi connectivity index (χ3n) is 2.86. The number of halogens is 1. The van der Waals surface area contributed by atoms with Crippen LogP contribution in [0.1, 0.15) is 5.89 Å². The van der Waals surface area contributed by atoms with E-state index in [4.69, 9.17) is 15.0 Å². The number of primary amides is 1. The highest BCUT2D eigenvalue weighted by atomic mass is 79.9. The number of amides is 1. The van der Waals surface area contributed by atoms with E-state index in [1.54, 1.807) is 35.1 Å². The molecule has 2 heterocycles. The lowest BCUT2D eigenvalue weighted by molar-refractivity contribution is -0.119. The van der Waals surface area contributed by atoms with Gasteiger partial charge >= 0.3 is 0 Å². The van der Waals surface area contributed by atoms with Gasteiger partial charge in [0.15, 0.2) is 6.61 Å². The van der Waals surface area contributed by atoms with Crippen molar-refractivity contribution in [3.8, 4) is 17.1 Å². The van der Waals surface area contributed by atoms with E-state index in [0.29, 0.717) is 24.0 Å². The van der Waals surface area contributed by atoms with Crippen molar-refractivity contribution in [1.82, 2.24) is 19.9 Å². The summed E-state index contributed by atoms with van der Waals surface area (Å²) < 4.78 is 13.0. The molecule has 2 aromatic heterocycles. The number of ether oxygens (including phenoxy) is 1. The first-order valence-corrected chi connectivity index (χ1v) is 7.41. The van der Waals surface area contributed by atoms with Gasteiger partial charge in [0.05, 0.1) is 10.7 Å². The molecule has 0 fully saturated rings. The molecule has 0 saturated heterocycles. The summed E-state index contributed by atoms with van der Waals surface area (Å²) in [4.78, 5) is 15.0. The number of nitrogens with two attached hydrogens (primary N) is 1. The van der Waals surface area contributed by atoms with E-state index in [9.17, 15) is 4.79 Å². The fourth-order valence-electron chi connectivity index (χ4n) is 1.85. The molecule has 1 amide bonds. The van der Waals surface area contributed by atoms with E-state index < -0.39 is 5.91 Å². The highest BCUT2D eigenvalue weighted by Crippen LogP contribution is 2.20. The number of benzene rings is 1. The first-order valence-electron chi connectivity index (χ1n) is 6.62. The fraction of sp³-hybridized carbons (Fsp3) is 0.143. The Balaban J connectivity index is 1.68. The summed E-state index contributed by atoms with van der Waals surface area (Å²) in [5.74, 6) is 0.928. The third kappa shape index (κ3) is 3.95. The third-order valence-corrected chi connectivity index (χ3v) is 3.27. The summed E-state index contributed by atoms with van der Waals surface area (Å²) in [6.45, 7) is 0.226. The van der Waals surface area contributed by atoms with Crippen LogP contribution in [0.5, 0.6) is 5.75 Å². The zero-order chi connectivity index (χ0) is 16.2. The number of aromatic nitrogens is 4. The molecule has 0 unspecified atom stereocenters. The van der Waals surface area contributed by atoms with Gasteiger partial charge < -0.3 is 15.0 Å². The first kappa shape index (κ1) is 15.2. The van der Waals surface area contributed by atoms with Gasteiger partial charge in [0, 0.05) is 11.8 Å². The van der Waals surface area contributed by atoms with Crippen LogP contribution in [0, 0.1) is 0 Å². The predicted octanol–water partition coefficient (Wildman–Crippen LogP) is 1.61. The normalized spacial score (nSPS) is 10.7. The average Bonchev–Trinajstić information content (AvgIpc) is 3.15. The zero-order valence-corrected chi connectivity index (χ0v) is 13.4. The summed E-state index contributed by atoms with van der Waals surface area (Å²) in [5, 5.41) is 8.07. The maximum atomic E-state index is 10.7. The Hall–Kier alpha value is -2.68. The van der Waals surface area contributed by atoms with Crippen LogP contribution < -0.4 is 10.5 Å². The van der Waals surface area contributed by atoms with Crippen molar-refractivity contribution < 1.29 is 14.1 Å². The molecule has 0 spiro atoms. The van der Waals surface area contributed by atoms with Gasteiger partial charge in [-0.05, 0) is 40.2 Å². The largest absolute Gasteiger partial charge is 0.484 e. The molecule has 23 heavy (non-hydrogen) atoms. The first-order chi connectivity index (χ1) is 11.1. The van der Waals surface area contributed by atoms with E-state index in [1.165, 1.54) is 0 Å². The SMILES string of the molecule is NC(=O)COc1ccc(-c2noc(Cn3cc(Br)cn3)n2)cc1. The molecular formula is C14H12BrN5O3. The molecule has 1 aromatic carbocycles. The van der Waals surface area contributed by atoms with Gasteiger partial charge in [-0.2, -0.15) is 10.1 Å². The van der Waals surface area contributed by atoms with Gasteiger partial charge in [0.1, 0.15) is 12.3 Å². The minimum Gasteiger partial charge on any atom is -0.484 e. The number of nitrogens with zero attached hydrogens (tertiary/aromatic N) is 4. The lowest BCUT2D eigenvalue weighted by Crippen LogP contribution is -2.19. The molecule has 9 heteroatoms. The number of hydrogen-bond acceptors (Lipinski definition) is 6. The van der Waals surface area contributed by atoms with Crippen LogP contribution in [-0.4, -0.2) is 32.4 Å². The second-order valence-corrected chi connectivity index (χ2v) is 5.56. The van der Waals surface area contributed by atoms with Crippen LogP contribution in [-0.2, 0) is 11.3 Å². The summed E-state index contributed by atoms with van der Waals surface area (Å²) in [5.41, 5.74) is 5.79. The van der Waals surface area contributed by atoms with Crippen molar-refractivity contribution >= 4 is 21.8 Å². The standard InChI is InChI=1S/C14H12BrN5O3/c15-10-5-17-20(6-10)7-13-18-14(19-23-13)9-1-3-11(4-2-9)22-8-12(16)21/h1-6H,7-8H2,(H2,16,21). The average molecular weight is 378 g/mol. The molecule has 0 radical (unpaired) electrons. The maximum Gasteiger partial charge on any atom is 0.255 e. The minimum absolute atomic E-state index is 0.162. The van der Waals surface area contributed by atoms with E-state index in [1.807, 2.05) is 6.20 Å².